The number of benzene rings is 2. The molecule has 3 fully saturated rings. The topological polar surface area (TPSA) is 270 Å². The minimum Gasteiger partial charge on any atom is -0.423 e. The molecule has 2 aromatic carbocycles. The van der Waals surface area contributed by atoms with Gasteiger partial charge in [0.1, 0.15) is 48.1 Å². The average molecular weight is 892 g/mol. The molecule has 8 rings (SSSR count). The van der Waals surface area contributed by atoms with E-state index in [1.54, 1.807) is 48.5 Å². The highest BCUT2D eigenvalue weighted by Crippen LogP contribution is 2.64. The van der Waals surface area contributed by atoms with Crippen molar-refractivity contribution in [1.82, 2.24) is 29.1 Å². The molecule has 5 aromatic rings. The van der Waals surface area contributed by atoms with Gasteiger partial charge in [0.25, 0.3) is 5.56 Å². The number of ether oxygens (including phenoxy) is 4. The third-order valence-electron chi connectivity index (χ3n) is 9.72. The molecule has 6 heterocycles. The number of aryl methyl sites for hydroxylation is 1. The van der Waals surface area contributed by atoms with Crippen LogP contribution in [0.3, 0.4) is 0 Å². The molecule has 3 aliphatic rings. The van der Waals surface area contributed by atoms with Gasteiger partial charge in [0.05, 0.1) is 25.1 Å². The molecule has 0 amide bonds. The normalized spacial score (nSPS) is 30.9. The first-order valence-electron chi connectivity index (χ1n) is 18.0. The van der Waals surface area contributed by atoms with Crippen LogP contribution in [-0.4, -0.2) is 96.9 Å². The van der Waals surface area contributed by atoms with E-state index in [-0.39, 0.29) is 28.5 Å². The predicted octanol–water partition coefficient (Wildman–Crippen LogP) is 3.59. The van der Waals surface area contributed by atoms with Crippen LogP contribution in [0.2, 0.25) is 0 Å². The minimum atomic E-state index is -5.23. The number of phosphoric ester groups is 1. The number of anilines is 1. The molecule has 3 aliphatic heterocycles. The first-order chi connectivity index (χ1) is 28.7. The lowest BCUT2D eigenvalue weighted by molar-refractivity contribution is -0.0668. The maximum atomic E-state index is 16.2. The molecule has 2 bridgehead atoms. The highest BCUT2D eigenvalue weighted by atomic mass is 32.7. The van der Waals surface area contributed by atoms with E-state index in [9.17, 15) is 28.4 Å². The lowest BCUT2D eigenvalue weighted by Gasteiger charge is -2.28. The molecule has 0 radical (unpaired) electrons. The molecule has 0 saturated carbocycles. The van der Waals surface area contributed by atoms with Crippen molar-refractivity contribution < 1.29 is 60.3 Å². The smallest absolute Gasteiger partial charge is 0.423 e. The number of esters is 1. The lowest BCUT2D eigenvalue weighted by Crippen LogP contribution is -2.38. The average Bonchev–Trinajstić information content (AvgIpc) is 3.89. The van der Waals surface area contributed by atoms with Gasteiger partial charge in [-0.1, -0.05) is 29.8 Å². The van der Waals surface area contributed by atoms with Crippen molar-refractivity contribution in [3.63, 3.8) is 0 Å². The Bertz CT molecular complexity index is 2600. The molecule has 25 heteroatoms. The molecule has 0 aliphatic carbocycles. The Morgan fingerprint density at radius 3 is 2.43 bits per heavy atom. The minimum absolute atomic E-state index is 0.0286. The molecule has 4 N–H and O–H groups in total. The Morgan fingerprint density at radius 1 is 0.967 bits per heavy atom. The van der Waals surface area contributed by atoms with Crippen LogP contribution in [0.5, 0.6) is 5.75 Å². The number of phosphoric acid groups is 1. The van der Waals surface area contributed by atoms with Crippen LogP contribution in [0.15, 0.2) is 83.0 Å². The number of nitrogens with two attached hydrogens (primary N) is 1. The van der Waals surface area contributed by atoms with Crippen molar-refractivity contribution in [3.8, 4) is 5.75 Å². The maximum absolute atomic E-state index is 16.2. The summed E-state index contributed by atoms with van der Waals surface area (Å²) >= 11 is 0.706. The van der Waals surface area contributed by atoms with E-state index in [1.807, 2.05) is 11.9 Å². The zero-order valence-corrected chi connectivity index (χ0v) is 34.0. The fourth-order valence-electron chi connectivity index (χ4n) is 6.72. The molecule has 0 spiro atoms. The predicted molar refractivity (Wildman–Crippen MR) is 208 cm³/mol. The van der Waals surface area contributed by atoms with Crippen LogP contribution in [0.1, 0.15) is 33.9 Å². The number of nitrogens with one attached hydrogen (secondary N) is 1. The van der Waals surface area contributed by atoms with Gasteiger partial charge in [-0.25, -0.2) is 38.1 Å². The van der Waals surface area contributed by atoms with Gasteiger partial charge in [0, 0.05) is 25.1 Å². The first-order valence-corrected chi connectivity index (χ1v) is 22.7. The fourth-order valence-corrected chi connectivity index (χ4v) is 11.0. The van der Waals surface area contributed by atoms with E-state index >= 15 is 4.39 Å². The highest BCUT2D eigenvalue weighted by Gasteiger charge is 2.55. The van der Waals surface area contributed by atoms with Crippen molar-refractivity contribution in [3.05, 3.63) is 111 Å². The van der Waals surface area contributed by atoms with E-state index in [1.165, 1.54) is 24.3 Å². The zero-order chi connectivity index (χ0) is 42.3. The summed E-state index contributed by atoms with van der Waals surface area (Å²) in [6, 6.07) is 14.2. The number of carbonyl (C=O) groups excluding carboxylic acids is 1. The van der Waals surface area contributed by atoms with Gasteiger partial charge in [-0.3, -0.25) is 37.0 Å². The van der Waals surface area contributed by atoms with Crippen LogP contribution in [0.25, 0.3) is 11.2 Å². The van der Waals surface area contributed by atoms with Crippen molar-refractivity contribution in [2.45, 2.75) is 61.8 Å². The number of hydrogen-bond acceptors (Lipinski definition) is 18. The van der Waals surface area contributed by atoms with Crippen molar-refractivity contribution in [2.24, 2.45) is 0 Å². The number of carbonyl (C=O) groups is 1. The van der Waals surface area contributed by atoms with Gasteiger partial charge in [-0.2, -0.15) is 0 Å². The van der Waals surface area contributed by atoms with Crippen molar-refractivity contribution >= 4 is 49.0 Å². The monoisotopic (exact) mass is 891 g/mol. The van der Waals surface area contributed by atoms with Gasteiger partial charge in [-0.05, 0) is 48.1 Å². The zero-order valence-electron chi connectivity index (χ0n) is 31.4. The molecule has 2 unspecified atom stereocenters. The number of imidazole rings is 1. The quantitative estimate of drug-likeness (QED) is 0.114. The van der Waals surface area contributed by atoms with E-state index in [4.69, 9.17) is 42.8 Å². The summed E-state index contributed by atoms with van der Waals surface area (Å²) in [4.78, 5) is 62.6. The van der Waals surface area contributed by atoms with E-state index in [0.717, 1.165) is 22.4 Å². The number of aromatic nitrogens is 6. The van der Waals surface area contributed by atoms with E-state index in [2.05, 4.69) is 15.0 Å². The number of fused-ring (bicyclic) bond motifs is 4. The number of rotatable bonds is 8. The Labute approximate surface area is 342 Å². The number of nitrogen functional groups attached to an aromatic ring is 1. The molecule has 3 saturated heterocycles. The van der Waals surface area contributed by atoms with Gasteiger partial charge in [0.2, 0.25) is 0 Å². The lowest BCUT2D eigenvalue weighted by atomic mass is 10.1. The van der Waals surface area contributed by atoms with E-state index < -0.39 is 94.2 Å². The maximum Gasteiger partial charge on any atom is 0.472 e. The number of aromatic amines is 1. The SMILES string of the molecule is CO[C@@H]1[C@@H]2OP(=O)(SCc3ccc(OC(=O)c4ccc(C)cc4)cc3)OC[C@H]3O[C@@H](n4ccc(=O)[nH]c4=O)[C@H](OP(=O)(O)OC[C@H]2O[C@H]1n1cnc2c(N)ncnc21)[C@@H]3F. The molecule has 60 heavy (non-hydrogen) atoms. The van der Waals surface area contributed by atoms with Gasteiger partial charge in [0.15, 0.2) is 30.1 Å². The molecule has 318 valence electrons. The molecular weight excluding hydrogens is 855 g/mol. The number of hydrogen-bond donors (Lipinski definition) is 3. The van der Waals surface area contributed by atoms with Crippen LogP contribution in [0.4, 0.5) is 10.2 Å². The second-order valence-corrected chi connectivity index (χ2v) is 19.1. The van der Waals surface area contributed by atoms with Crippen molar-refractivity contribution in [1.29, 1.82) is 0 Å². The van der Waals surface area contributed by atoms with Gasteiger partial charge < -0.3 is 29.6 Å². The summed E-state index contributed by atoms with van der Waals surface area (Å²) in [6.07, 6.45) is -9.08. The summed E-state index contributed by atoms with van der Waals surface area (Å²) in [7, 11) is -3.90. The number of nitrogens with zero attached hydrogens (tertiary/aromatic N) is 5. The van der Waals surface area contributed by atoms with Gasteiger partial charge >= 0.3 is 26.3 Å². The third kappa shape index (κ3) is 8.74. The molecule has 3 aromatic heterocycles. The highest BCUT2D eigenvalue weighted by molar-refractivity contribution is 8.54. The number of alkyl halides is 1. The second kappa shape index (κ2) is 17.0. The fraction of sp³-hybridized carbons (Fsp3) is 0.371. The Balaban J connectivity index is 1.10. The summed E-state index contributed by atoms with van der Waals surface area (Å²) in [6.45, 7) is -4.16. The standard InChI is InChI=1S/C35H36FN7O14P2S/c1-18-3-7-20(8-4-18)34(45)53-21-9-5-19(6-10-21)15-60-59(49)52-13-22-25(36)28(32(54-22)42-12-11-24(44)41-35(42)46)56-58(47,48)51-14-23-27(57-59)29(50-2)33(55-23)43-17-40-26-30(37)38-16-39-31(26)43/h3-12,16-17,22-23,25,27-29,32-33H,13-15H2,1-2H3,(H,47,48)(H2,37,38,39)(H,41,44,46)/t22-,23-,25-,27-,28-,29-,32-,33-,59?/m1/s1. The molecule has 21 nitrogen and oxygen atoms in total. The van der Waals surface area contributed by atoms with Crippen LogP contribution in [0, 0.1) is 6.92 Å². The largest absolute Gasteiger partial charge is 0.472 e. The Hall–Kier alpha value is -4.64. The molecule has 10 atom stereocenters. The Morgan fingerprint density at radius 2 is 1.70 bits per heavy atom. The third-order valence-corrected chi connectivity index (χ3v) is 14.4. The van der Waals surface area contributed by atoms with Crippen LogP contribution < -0.4 is 21.7 Å². The van der Waals surface area contributed by atoms with E-state index in [0.29, 0.717) is 22.5 Å². The summed E-state index contributed by atoms with van der Waals surface area (Å²) < 4.78 is 93.1. The van der Waals surface area contributed by atoms with Crippen molar-refractivity contribution in [2.75, 3.05) is 26.1 Å². The number of H-pyrrole nitrogens is 1. The first kappa shape index (κ1) is 42.1. The number of methoxy groups -OCH3 is 1. The summed E-state index contributed by atoms with van der Waals surface area (Å²) in [5.74, 6) is -0.271. The second-order valence-electron chi connectivity index (χ2n) is 13.7. The van der Waals surface area contributed by atoms with Crippen LogP contribution in [-0.2, 0) is 47.2 Å². The summed E-state index contributed by atoms with van der Waals surface area (Å²) in [5, 5.41) is 0. The summed E-state index contributed by atoms with van der Waals surface area (Å²) in [5.41, 5.74) is 6.58. The number of halogens is 1. The Kier molecular flexibility index (Phi) is 11.9. The van der Waals surface area contributed by atoms with Crippen LogP contribution >= 0.6 is 26.0 Å². The molecular formula is C35H36FN7O14P2S. The van der Waals surface area contributed by atoms with Gasteiger partial charge in [-0.15, -0.1) is 0 Å².